The summed E-state index contributed by atoms with van der Waals surface area (Å²) in [5.41, 5.74) is 1.95. The number of nitrogens with one attached hydrogen (secondary N) is 3. The molecule has 0 spiro atoms. The van der Waals surface area contributed by atoms with Gasteiger partial charge in [0.15, 0.2) is 5.96 Å². The number of hydrogen-bond acceptors (Lipinski definition) is 2. The van der Waals surface area contributed by atoms with Gasteiger partial charge in [-0.2, -0.15) is 0 Å². The van der Waals surface area contributed by atoms with Crippen molar-refractivity contribution < 1.29 is 4.79 Å². The Bertz CT molecular complexity index is 526. The third-order valence-electron chi connectivity index (χ3n) is 3.62. The van der Waals surface area contributed by atoms with Crippen LogP contribution in [-0.4, -0.2) is 25.5 Å². The van der Waals surface area contributed by atoms with Crippen LogP contribution >= 0.6 is 0 Å². The molecule has 24 heavy (non-hydrogen) atoms. The van der Waals surface area contributed by atoms with E-state index < -0.39 is 0 Å². The van der Waals surface area contributed by atoms with Crippen molar-refractivity contribution in [1.29, 1.82) is 0 Å². The minimum atomic E-state index is 0.0604. The Morgan fingerprint density at radius 2 is 2.04 bits per heavy atom. The number of carbonyl (C=O) groups excluding carboxylic acids is 1. The van der Waals surface area contributed by atoms with E-state index in [1.807, 2.05) is 31.2 Å². The molecule has 1 aromatic carbocycles. The summed E-state index contributed by atoms with van der Waals surface area (Å²) in [6.45, 7) is 8.06. The van der Waals surface area contributed by atoms with Crippen LogP contribution in [0.1, 0.15) is 52.0 Å². The minimum absolute atomic E-state index is 0.0604. The van der Waals surface area contributed by atoms with Crippen LogP contribution in [0.25, 0.3) is 0 Å². The second-order valence-corrected chi connectivity index (χ2v) is 6.39. The lowest BCUT2D eigenvalue weighted by atomic mass is 10.1. The van der Waals surface area contributed by atoms with Gasteiger partial charge >= 0.3 is 0 Å². The fraction of sp³-hybridized carbons (Fsp3) is 0.579. The van der Waals surface area contributed by atoms with Crippen LogP contribution in [0.5, 0.6) is 0 Å². The molecule has 1 aromatic rings. The lowest BCUT2D eigenvalue weighted by molar-refractivity contribution is -0.116. The molecule has 3 N–H and O–H groups in total. The van der Waals surface area contributed by atoms with Gasteiger partial charge in [0.2, 0.25) is 5.91 Å². The zero-order valence-corrected chi connectivity index (χ0v) is 15.5. The molecule has 5 nitrogen and oxygen atoms in total. The molecule has 0 unspecified atom stereocenters. The summed E-state index contributed by atoms with van der Waals surface area (Å²) >= 11 is 0. The van der Waals surface area contributed by atoms with Crippen LogP contribution in [0.2, 0.25) is 0 Å². The van der Waals surface area contributed by atoms with Crippen molar-refractivity contribution in [2.24, 2.45) is 10.9 Å². The molecule has 1 amide bonds. The molecule has 0 fully saturated rings. The van der Waals surface area contributed by atoms with Gasteiger partial charge in [-0.1, -0.05) is 32.9 Å². The third kappa shape index (κ3) is 8.56. The number of amides is 1. The van der Waals surface area contributed by atoms with Crippen molar-refractivity contribution in [3.8, 4) is 0 Å². The monoisotopic (exact) mass is 332 g/mol. The molecule has 0 bridgehead atoms. The van der Waals surface area contributed by atoms with Crippen molar-refractivity contribution in [2.45, 2.75) is 53.0 Å². The summed E-state index contributed by atoms with van der Waals surface area (Å²) in [6.07, 6.45) is 3.75. The molecule has 0 saturated heterocycles. The van der Waals surface area contributed by atoms with Crippen molar-refractivity contribution in [1.82, 2.24) is 10.6 Å². The van der Waals surface area contributed by atoms with E-state index in [2.05, 4.69) is 34.8 Å². The highest BCUT2D eigenvalue weighted by atomic mass is 16.1. The van der Waals surface area contributed by atoms with Gasteiger partial charge in [-0.15, -0.1) is 0 Å². The molecule has 0 aliphatic carbocycles. The van der Waals surface area contributed by atoms with Crippen LogP contribution in [0.15, 0.2) is 29.3 Å². The average Bonchev–Trinajstić information content (AvgIpc) is 2.54. The van der Waals surface area contributed by atoms with Crippen molar-refractivity contribution >= 4 is 17.6 Å². The highest BCUT2D eigenvalue weighted by Gasteiger charge is 2.03. The zero-order chi connectivity index (χ0) is 17.8. The molecule has 5 heteroatoms. The number of rotatable bonds is 9. The topological polar surface area (TPSA) is 65.5 Å². The van der Waals surface area contributed by atoms with Crippen LogP contribution in [0, 0.1) is 5.92 Å². The summed E-state index contributed by atoms with van der Waals surface area (Å²) in [6, 6.07) is 7.90. The number of hydrogen-bond donors (Lipinski definition) is 3. The van der Waals surface area contributed by atoms with Gasteiger partial charge < -0.3 is 16.0 Å². The number of guanidine groups is 1. The zero-order valence-electron chi connectivity index (χ0n) is 15.5. The predicted octanol–water partition coefficient (Wildman–Crippen LogP) is 3.53. The number of benzene rings is 1. The number of anilines is 1. The summed E-state index contributed by atoms with van der Waals surface area (Å²) in [5, 5.41) is 9.56. The minimum Gasteiger partial charge on any atom is -0.356 e. The van der Waals surface area contributed by atoms with Gasteiger partial charge in [0.25, 0.3) is 0 Å². The molecule has 0 aliphatic rings. The second-order valence-electron chi connectivity index (χ2n) is 6.39. The maximum Gasteiger partial charge on any atom is 0.224 e. The number of nitrogens with zero attached hydrogens (tertiary/aromatic N) is 1. The molecule has 0 aliphatic heterocycles. The molecule has 1 rings (SSSR count). The van der Waals surface area contributed by atoms with Crippen LogP contribution < -0.4 is 16.0 Å². The SMILES string of the molecule is CCCC(=O)Nc1cccc(CNC(=NC)NCCCC(C)C)c1. The smallest absolute Gasteiger partial charge is 0.224 e. The van der Waals surface area contributed by atoms with Gasteiger partial charge in [-0.25, -0.2) is 0 Å². The quantitative estimate of drug-likeness (QED) is 0.368. The summed E-state index contributed by atoms with van der Waals surface area (Å²) < 4.78 is 0. The Morgan fingerprint density at radius 3 is 2.71 bits per heavy atom. The van der Waals surface area contributed by atoms with E-state index in [9.17, 15) is 4.79 Å². The van der Waals surface area contributed by atoms with E-state index in [0.717, 1.165) is 42.5 Å². The molecule has 0 saturated carbocycles. The average molecular weight is 332 g/mol. The maximum absolute atomic E-state index is 11.7. The van der Waals surface area contributed by atoms with Gasteiger partial charge in [-0.3, -0.25) is 9.79 Å². The number of carbonyl (C=O) groups is 1. The highest BCUT2D eigenvalue weighted by Crippen LogP contribution is 2.11. The first-order valence-electron chi connectivity index (χ1n) is 8.88. The molecule has 134 valence electrons. The molecular weight excluding hydrogens is 300 g/mol. The summed E-state index contributed by atoms with van der Waals surface area (Å²) in [4.78, 5) is 15.9. The normalized spacial score (nSPS) is 11.5. The standard InChI is InChI=1S/C19H32N4O/c1-5-8-18(24)23-17-11-6-10-16(13-17)14-22-19(20-4)21-12-7-9-15(2)3/h6,10-11,13,15H,5,7-9,12,14H2,1-4H3,(H,23,24)(H2,20,21,22). The Hall–Kier alpha value is -2.04. The van der Waals surface area contributed by atoms with Gasteiger partial charge in [0.05, 0.1) is 0 Å². The Balaban J connectivity index is 2.43. The van der Waals surface area contributed by atoms with E-state index in [4.69, 9.17) is 0 Å². The largest absolute Gasteiger partial charge is 0.356 e. The van der Waals surface area contributed by atoms with E-state index in [1.54, 1.807) is 7.05 Å². The van der Waals surface area contributed by atoms with Crippen molar-refractivity contribution in [3.63, 3.8) is 0 Å². The van der Waals surface area contributed by atoms with Gasteiger partial charge in [0.1, 0.15) is 0 Å². The maximum atomic E-state index is 11.7. The molecule has 0 atom stereocenters. The molecule has 0 heterocycles. The molecular formula is C19H32N4O. The van der Waals surface area contributed by atoms with Gasteiger partial charge in [0, 0.05) is 32.2 Å². The first-order valence-corrected chi connectivity index (χ1v) is 8.88. The van der Waals surface area contributed by atoms with Crippen LogP contribution in [-0.2, 0) is 11.3 Å². The fourth-order valence-corrected chi connectivity index (χ4v) is 2.33. The number of aliphatic imine (C=N–C) groups is 1. The highest BCUT2D eigenvalue weighted by molar-refractivity contribution is 5.90. The van der Waals surface area contributed by atoms with Crippen LogP contribution in [0.3, 0.4) is 0 Å². The van der Waals surface area contributed by atoms with E-state index in [1.165, 1.54) is 6.42 Å². The Labute approximate surface area is 146 Å². The second kappa shape index (κ2) is 11.5. The summed E-state index contributed by atoms with van der Waals surface area (Å²) in [7, 11) is 1.78. The molecule has 0 aromatic heterocycles. The Kier molecular flexibility index (Phi) is 9.58. The molecule has 0 radical (unpaired) electrons. The van der Waals surface area contributed by atoms with Crippen molar-refractivity contribution in [3.05, 3.63) is 29.8 Å². The third-order valence-corrected chi connectivity index (χ3v) is 3.62. The lowest BCUT2D eigenvalue weighted by Crippen LogP contribution is -2.37. The van der Waals surface area contributed by atoms with E-state index in [0.29, 0.717) is 13.0 Å². The predicted molar refractivity (Wildman–Crippen MR) is 102 cm³/mol. The first kappa shape index (κ1) is 20.0. The van der Waals surface area contributed by atoms with Crippen LogP contribution in [0.4, 0.5) is 5.69 Å². The fourth-order valence-electron chi connectivity index (χ4n) is 2.33. The summed E-state index contributed by atoms with van der Waals surface area (Å²) in [5.74, 6) is 1.59. The van der Waals surface area contributed by atoms with E-state index in [-0.39, 0.29) is 5.91 Å². The Morgan fingerprint density at radius 1 is 1.25 bits per heavy atom. The van der Waals surface area contributed by atoms with Gasteiger partial charge in [-0.05, 0) is 42.9 Å². The first-order chi connectivity index (χ1) is 11.5. The van der Waals surface area contributed by atoms with E-state index >= 15 is 0 Å². The van der Waals surface area contributed by atoms with Crippen molar-refractivity contribution in [2.75, 3.05) is 18.9 Å². The lowest BCUT2D eigenvalue weighted by Gasteiger charge is -2.13.